The van der Waals surface area contributed by atoms with Crippen molar-refractivity contribution < 1.29 is 17.9 Å². The maximum absolute atomic E-state index is 14.7. The maximum atomic E-state index is 14.7. The molecule has 47 heavy (non-hydrogen) atoms. The van der Waals surface area contributed by atoms with Gasteiger partial charge in [0.2, 0.25) is 0 Å². The Morgan fingerprint density at radius 2 is 1.51 bits per heavy atom. The fraction of sp³-hybridized carbons (Fsp3) is 0.205. The zero-order chi connectivity index (χ0) is 33.1. The molecule has 0 bridgehead atoms. The molecule has 8 heteroatoms. The minimum atomic E-state index is -4.02. The quantitative estimate of drug-likeness (QED) is 0.164. The number of fused-ring (bicyclic) bond motifs is 1. The Balaban J connectivity index is 1.48. The summed E-state index contributed by atoms with van der Waals surface area (Å²) in [5.74, 6) is 0.741. The van der Waals surface area contributed by atoms with Gasteiger partial charge in [-0.15, -0.1) is 0 Å². The first-order valence-electron chi connectivity index (χ1n) is 15.8. The number of ether oxygens (including phenoxy) is 1. The minimum absolute atomic E-state index is 0.00161. The fourth-order valence-corrected chi connectivity index (χ4v) is 7.00. The average molecular weight is 646 g/mol. The molecule has 0 saturated carbocycles. The smallest absolute Gasteiger partial charge is 0.262 e. The number of amides is 1. The normalized spacial score (nSPS) is 14.7. The van der Waals surface area contributed by atoms with Gasteiger partial charge in [0.25, 0.3) is 15.9 Å². The van der Waals surface area contributed by atoms with E-state index in [0.29, 0.717) is 41.8 Å². The van der Waals surface area contributed by atoms with Crippen LogP contribution in [-0.4, -0.2) is 20.9 Å². The van der Waals surface area contributed by atoms with E-state index in [9.17, 15) is 13.2 Å². The highest BCUT2D eigenvalue weighted by molar-refractivity contribution is 7.92. The summed E-state index contributed by atoms with van der Waals surface area (Å²) in [5.41, 5.74) is 6.41. The van der Waals surface area contributed by atoms with Crippen LogP contribution >= 0.6 is 0 Å². The summed E-state index contributed by atoms with van der Waals surface area (Å²) in [6, 6.07) is 37.9. The molecule has 1 atom stereocenters. The summed E-state index contributed by atoms with van der Waals surface area (Å²) in [6.45, 7) is 9.23. The first kappa shape index (κ1) is 31.9. The molecule has 0 saturated heterocycles. The van der Waals surface area contributed by atoms with E-state index >= 15 is 0 Å². The topological polar surface area (TPSA) is 78.9 Å². The van der Waals surface area contributed by atoms with Gasteiger partial charge in [-0.2, -0.15) is 0 Å². The Morgan fingerprint density at radius 3 is 2.15 bits per heavy atom. The summed E-state index contributed by atoms with van der Waals surface area (Å²) in [6.07, 6.45) is -0.483. The second-order valence-electron chi connectivity index (χ2n) is 12.1. The molecule has 240 valence electrons. The van der Waals surface area contributed by atoms with Gasteiger partial charge >= 0.3 is 0 Å². The van der Waals surface area contributed by atoms with Crippen LogP contribution < -0.4 is 19.3 Å². The number of sulfonamides is 1. The largest absolute Gasteiger partial charge is 0.494 e. The van der Waals surface area contributed by atoms with Gasteiger partial charge in [-0.25, -0.2) is 8.42 Å². The molecule has 0 spiro atoms. The molecule has 1 heterocycles. The van der Waals surface area contributed by atoms with Crippen molar-refractivity contribution in [2.75, 3.05) is 21.1 Å². The minimum Gasteiger partial charge on any atom is -0.494 e. The van der Waals surface area contributed by atoms with E-state index in [0.717, 1.165) is 22.4 Å². The number of anilines is 3. The van der Waals surface area contributed by atoms with Crippen LogP contribution in [-0.2, 0) is 16.6 Å². The number of nitrogens with one attached hydrogen (secondary N) is 1. The third-order valence-electron chi connectivity index (χ3n) is 8.40. The van der Waals surface area contributed by atoms with Crippen LogP contribution in [0.3, 0.4) is 0 Å². The average Bonchev–Trinajstić information content (AvgIpc) is 3.07. The molecule has 0 unspecified atom stereocenters. The van der Waals surface area contributed by atoms with Crippen molar-refractivity contribution >= 4 is 33.0 Å². The Morgan fingerprint density at radius 1 is 0.830 bits per heavy atom. The van der Waals surface area contributed by atoms with Crippen molar-refractivity contribution in [1.82, 2.24) is 0 Å². The Labute approximate surface area is 277 Å². The Kier molecular flexibility index (Phi) is 9.05. The number of aryl methyl sites for hydroxylation is 1. The van der Waals surface area contributed by atoms with Crippen LogP contribution in [0, 0.1) is 6.92 Å². The van der Waals surface area contributed by atoms with Crippen LogP contribution in [0.15, 0.2) is 126 Å². The molecule has 5 aromatic rings. The standard InChI is InChI=1S/C39H39N3O4S/c1-5-46-34-21-17-32(18-22-34)40-47(44,45)35-23-24-37-36(25-35)39(43)42(33-19-11-28(4)12-20-33)38(31-15-13-30(14-16-31)27(2)3)41(37)26-29-9-7-6-8-10-29/h6-25,27,38,40H,5,26H2,1-4H3/t38-/m0/s1. The first-order chi connectivity index (χ1) is 22.6. The lowest BCUT2D eigenvalue weighted by atomic mass is 9.96. The second-order valence-corrected chi connectivity index (χ2v) is 13.7. The van der Waals surface area contributed by atoms with Crippen LogP contribution in [0.2, 0.25) is 0 Å². The molecule has 7 nitrogen and oxygen atoms in total. The number of benzene rings is 5. The van der Waals surface area contributed by atoms with Gasteiger partial charge < -0.3 is 9.64 Å². The third-order valence-corrected chi connectivity index (χ3v) is 9.78. The molecular formula is C39H39N3O4S. The van der Waals surface area contributed by atoms with Gasteiger partial charge in [-0.1, -0.05) is 86.1 Å². The SMILES string of the molecule is CCOc1ccc(NS(=O)(=O)c2ccc3c(c2)C(=O)N(c2ccc(C)cc2)[C@@H](c2ccc(C(C)C)cc2)N3Cc2ccccc2)cc1. The summed E-state index contributed by atoms with van der Waals surface area (Å²) in [4.78, 5) is 18.6. The van der Waals surface area contributed by atoms with Gasteiger partial charge in [0.1, 0.15) is 11.9 Å². The summed E-state index contributed by atoms with van der Waals surface area (Å²) >= 11 is 0. The first-order valence-corrected chi connectivity index (χ1v) is 17.3. The highest BCUT2D eigenvalue weighted by Crippen LogP contribution is 2.43. The third kappa shape index (κ3) is 6.74. The fourth-order valence-electron chi connectivity index (χ4n) is 5.91. The Bertz CT molecular complexity index is 1960. The number of hydrogen-bond donors (Lipinski definition) is 1. The van der Waals surface area contributed by atoms with Gasteiger partial charge in [0.15, 0.2) is 0 Å². The van der Waals surface area contributed by atoms with E-state index in [1.807, 2.05) is 56.3 Å². The lowest BCUT2D eigenvalue weighted by Crippen LogP contribution is -2.49. The van der Waals surface area contributed by atoms with Gasteiger partial charge in [0.05, 0.1) is 22.8 Å². The van der Waals surface area contributed by atoms with Crippen molar-refractivity contribution in [3.8, 4) is 5.75 Å². The Hall–Kier alpha value is -5.08. The van der Waals surface area contributed by atoms with Crippen molar-refractivity contribution in [3.05, 3.63) is 149 Å². The molecule has 1 aliphatic rings. The molecule has 0 radical (unpaired) electrons. The molecule has 6 rings (SSSR count). The summed E-state index contributed by atoms with van der Waals surface area (Å²) in [5, 5.41) is 0. The van der Waals surface area contributed by atoms with Crippen molar-refractivity contribution in [2.24, 2.45) is 0 Å². The molecule has 5 aromatic carbocycles. The predicted molar refractivity (Wildman–Crippen MR) is 189 cm³/mol. The van der Waals surface area contributed by atoms with Crippen LogP contribution in [0.25, 0.3) is 0 Å². The van der Waals surface area contributed by atoms with E-state index in [1.54, 1.807) is 41.3 Å². The lowest BCUT2D eigenvalue weighted by Gasteiger charge is -2.46. The summed E-state index contributed by atoms with van der Waals surface area (Å²) in [7, 11) is -4.02. The number of nitrogens with zero attached hydrogens (tertiary/aromatic N) is 2. The van der Waals surface area contributed by atoms with E-state index in [2.05, 4.69) is 59.9 Å². The predicted octanol–water partition coefficient (Wildman–Crippen LogP) is 8.68. The number of hydrogen-bond acceptors (Lipinski definition) is 5. The molecule has 0 aliphatic carbocycles. The van der Waals surface area contributed by atoms with E-state index in [1.165, 1.54) is 11.6 Å². The zero-order valence-electron chi connectivity index (χ0n) is 27.1. The number of rotatable bonds is 10. The van der Waals surface area contributed by atoms with Gasteiger partial charge in [-0.3, -0.25) is 14.4 Å². The lowest BCUT2D eigenvalue weighted by molar-refractivity contribution is 0.0968. The molecule has 1 N–H and O–H groups in total. The molecule has 1 aliphatic heterocycles. The maximum Gasteiger partial charge on any atom is 0.262 e. The van der Waals surface area contributed by atoms with E-state index in [4.69, 9.17) is 4.74 Å². The van der Waals surface area contributed by atoms with E-state index < -0.39 is 16.2 Å². The molecular weight excluding hydrogens is 607 g/mol. The molecule has 0 fully saturated rings. The molecule has 0 aromatic heterocycles. The number of carbonyl (C=O) groups is 1. The van der Waals surface area contributed by atoms with Crippen LogP contribution in [0.4, 0.5) is 17.1 Å². The highest BCUT2D eigenvalue weighted by atomic mass is 32.2. The van der Waals surface area contributed by atoms with Crippen molar-refractivity contribution in [3.63, 3.8) is 0 Å². The van der Waals surface area contributed by atoms with Crippen LogP contribution in [0.1, 0.15) is 65.5 Å². The van der Waals surface area contributed by atoms with Crippen molar-refractivity contribution in [2.45, 2.75) is 51.2 Å². The molecule has 1 amide bonds. The van der Waals surface area contributed by atoms with E-state index in [-0.39, 0.29) is 10.8 Å². The van der Waals surface area contributed by atoms with Crippen molar-refractivity contribution in [1.29, 1.82) is 0 Å². The van der Waals surface area contributed by atoms with Gasteiger partial charge in [-0.05, 0) is 91.1 Å². The second kappa shape index (κ2) is 13.3. The monoisotopic (exact) mass is 645 g/mol. The number of carbonyl (C=O) groups excluding carboxylic acids is 1. The highest BCUT2D eigenvalue weighted by Gasteiger charge is 2.40. The van der Waals surface area contributed by atoms with Gasteiger partial charge in [0, 0.05) is 17.9 Å². The summed E-state index contributed by atoms with van der Waals surface area (Å²) < 4.78 is 35.5. The van der Waals surface area contributed by atoms with Crippen LogP contribution in [0.5, 0.6) is 5.75 Å². The zero-order valence-corrected chi connectivity index (χ0v) is 27.9.